The summed E-state index contributed by atoms with van der Waals surface area (Å²) in [6.45, 7) is 8.80. The van der Waals surface area contributed by atoms with Crippen LogP contribution in [0.2, 0.25) is 0 Å². The quantitative estimate of drug-likeness (QED) is 0.851. The van der Waals surface area contributed by atoms with E-state index in [-0.39, 0.29) is 5.54 Å². The van der Waals surface area contributed by atoms with Gasteiger partial charge in [0.2, 0.25) is 0 Å². The Hall–Kier alpha value is -1.57. The van der Waals surface area contributed by atoms with Crippen LogP contribution in [0.25, 0.3) is 10.9 Å². The molecule has 2 nitrogen and oxygen atoms in total. The first-order valence-electron chi connectivity index (χ1n) is 6.72. The van der Waals surface area contributed by atoms with Gasteiger partial charge in [-0.3, -0.25) is 0 Å². The highest BCUT2D eigenvalue weighted by molar-refractivity contribution is 5.81. The van der Waals surface area contributed by atoms with Gasteiger partial charge < -0.3 is 5.32 Å². The van der Waals surface area contributed by atoms with E-state index in [4.69, 9.17) is 4.98 Å². The molecule has 0 amide bonds. The average Bonchev–Trinajstić information content (AvgIpc) is 2.39. The number of hydrogen-bond donors (Lipinski definition) is 1. The molecule has 0 aliphatic heterocycles. The van der Waals surface area contributed by atoms with Crippen LogP contribution in [0, 0.1) is 6.92 Å². The third-order valence-electron chi connectivity index (χ3n) is 3.90. The molecule has 1 heterocycles. The predicted octanol–water partition coefficient (Wildman–Crippen LogP) is 4.53. The second-order valence-corrected chi connectivity index (χ2v) is 5.24. The van der Waals surface area contributed by atoms with Crippen molar-refractivity contribution in [2.75, 3.05) is 5.32 Å². The van der Waals surface area contributed by atoms with Gasteiger partial charge in [-0.1, -0.05) is 32.0 Å². The predicted molar refractivity (Wildman–Crippen MR) is 79.1 cm³/mol. The summed E-state index contributed by atoms with van der Waals surface area (Å²) in [7, 11) is 0. The van der Waals surface area contributed by atoms with Crippen molar-refractivity contribution in [1.82, 2.24) is 4.98 Å². The first-order valence-corrected chi connectivity index (χ1v) is 6.72. The molecule has 0 fully saturated rings. The lowest BCUT2D eigenvalue weighted by Crippen LogP contribution is -2.33. The zero-order valence-corrected chi connectivity index (χ0v) is 11.7. The first kappa shape index (κ1) is 12.9. The van der Waals surface area contributed by atoms with Gasteiger partial charge in [0.1, 0.15) is 5.82 Å². The summed E-state index contributed by atoms with van der Waals surface area (Å²) >= 11 is 0. The number of nitrogens with zero attached hydrogens (tertiary/aromatic N) is 1. The fourth-order valence-corrected chi connectivity index (χ4v) is 2.06. The highest BCUT2D eigenvalue weighted by atomic mass is 15.1. The minimum absolute atomic E-state index is 0.125. The average molecular weight is 242 g/mol. The second-order valence-electron chi connectivity index (χ2n) is 5.24. The Balaban J connectivity index is 2.42. The number of aryl methyl sites for hydroxylation is 1. The molecule has 2 aromatic rings. The molecule has 0 spiro atoms. The summed E-state index contributed by atoms with van der Waals surface area (Å²) in [6, 6.07) is 10.5. The van der Waals surface area contributed by atoms with E-state index >= 15 is 0 Å². The maximum absolute atomic E-state index is 4.74. The number of hydrogen-bond acceptors (Lipinski definition) is 2. The van der Waals surface area contributed by atoms with Crippen LogP contribution in [0.15, 0.2) is 30.3 Å². The molecule has 0 saturated heterocycles. The molecule has 0 unspecified atom stereocenters. The number of nitrogens with one attached hydrogen (secondary N) is 1. The van der Waals surface area contributed by atoms with E-state index in [0.29, 0.717) is 0 Å². The molecule has 0 bridgehead atoms. The van der Waals surface area contributed by atoms with Crippen LogP contribution < -0.4 is 5.32 Å². The summed E-state index contributed by atoms with van der Waals surface area (Å²) in [6.07, 6.45) is 2.19. The van der Waals surface area contributed by atoms with Crippen molar-refractivity contribution in [3.63, 3.8) is 0 Å². The van der Waals surface area contributed by atoms with Gasteiger partial charge in [0.25, 0.3) is 0 Å². The van der Waals surface area contributed by atoms with Crippen molar-refractivity contribution in [3.05, 3.63) is 35.9 Å². The van der Waals surface area contributed by atoms with Gasteiger partial charge in [0.15, 0.2) is 0 Å². The highest BCUT2D eigenvalue weighted by Crippen LogP contribution is 2.25. The van der Waals surface area contributed by atoms with Gasteiger partial charge in [-0.25, -0.2) is 4.98 Å². The monoisotopic (exact) mass is 242 g/mol. The zero-order valence-electron chi connectivity index (χ0n) is 11.7. The van der Waals surface area contributed by atoms with E-state index in [9.17, 15) is 0 Å². The first-order chi connectivity index (χ1) is 8.58. The van der Waals surface area contributed by atoms with Crippen LogP contribution in [-0.2, 0) is 0 Å². The highest BCUT2D eigenvalue weighted by Gasteiger charge is 2.20. The van der Waals surface area contributed by atoms with Crippen LogP contribution in [0.3, 0.4) is 0 Å². The molecule has 0 radical (unpaired) electrons. The number of pyridine rings is 1. The van der Waals surface area contributed by atoms with Crippen molar-refractivity contribution < 1.29 is 0 Å². The van der Waals surface area contributed by atoms with Crippen LogP contribution in [0.1, 0.15) is 39.2 Å². The topological polar surface area (TPSA) is 24.9 Å². The molecule has 96 valence electrons. The molecule has 18 heavy (non-hydrogen) atoms. The van der Waals surface area contributed by atoms with E-state index in [1.54, 1.807) is 0 Å². The number of rotatable bonds is 4. The third-order valence-corrected chi connectivity index (χ3v) is 3.90. The van der Waals surface area contributed by atoms with E-state index in [1.807, 2.05) is 6.07 Å². The Morgan fingerprint density at radius 2 is 1.83 bits per heavy atom. The molecule has 0 saturated carbocycles. The van der Waals surface area contributed by atoms with Crippen molar-refractivity contribution in [1.29, 1.82) is 0 Å². The summed E-state index contributed by atoms with van der Waals surface area (Å²) < 4.78 is 0. The van der Waals surface area contributed by atoms with Crippen molar-refractivity contribution in [2.45, 2.75) is 46.1 Å². The molecule has 0 atom stereocenters. The Kier molecular flexibility index (Phi) is 3.55. The van der Waals surface area contributed by atoms with Crippen molar-refractivity contribution >= 4 is 16.7 Å². The third kappa shape index (κ3) is 2.47. The van der Waals surface area contributed by atoms with Crippen LogP contribution >= 0.6 is 0 Å². The second kappa shape index (κ2) is 4.97. The SMILES string of the molecule is CCC(C)(CC)Nc1nc2ccccc2cc1C. The minimum Gasteiger partial charge on any atom is -0.365 e. The summed E-state index contributed by atoms with van der Waals surface area (Å²) in [5, 5.41) is 4.81. The van der Waals surface area contributed by atoms with Crippen molar-refractivity contribution in [2.24, 2.45) is 0 Å². The Labute approximate surface area is 109 Å². The molecule has 0 aliphatic carbocycles. The standard InChI is InChI=1S/C16H22N2/c1-5-16(4,6-2)18-15-12(3)11-13-9-7-8-10-14(13)17-15/h7-11H,5-6H2,1-4H3,(H,17,18). The number of anilines is 1. The minimum atomic E-state index is 0.125. The maximum atomic E-state index is 4.74. The Bertz CT molecular complexity index is 542. The van der Waals surface area contributed by atoms with Crippen LogP contribution in [0.4, 0.5) is 5.82 Å². The van der Waals surface area contributed by atoms with Gasteiger partial charge in [-0.05, 0) is 44.4 Å². The molecule has 2 rings (SSSR count). The van der Waals surface area contributed by atoms with Crippen LogP contribution in [0.5, 0.6) is 0 Å². The van der Waals surface area contributed by atoms with Crippen LogP contribution in [-0.4, -0.2) is 10.5 Å². The molecule has 1 N–H and O–H groups in total. The van der Waals surface area contributed by atoms with Gasteiger partial charge in [0, 0.05) is 10.9 Å². The summed E-state index contributed by atoms with van der Waals surface area (Å²) in [5.41, 5.74) is 2.39. The number of para-hydroxylation sites is 1. The molecule has 1 aromatic carbocycles. The number of aromatic nitrogens is 1. The zero-order chi connectivity index (χ0) is 13.2. The fourth-order valence-electron chi connectivity index (χ4n) is 2.06. The number of benzene rings is 1. The molecular weight excluding hydrogens is 220 g/mol. The van der Waals surface area contributed by atoms with Crippen molar-refractivity contribution in [3.8, 4) is 0 Å². The molecule has 0 aliphatic rings. The lowest BCUT2D eigenvalue weighted by atomic mass is 9.95. The smallest absolute Gasteiger partial charge is 0.130 e. The summed E-state index contributed by atoms with van der Waals surface area (Å²) in [5.74, 6) is 1.01. The van der Waals surface area contributed by atoms with Gasteiger partial charge in [-0.2, -0.15) is 0 Å². The van der Waals surface area contributed by atoms with E-state index in [2.05, 4.69) is 57.3 Å². The lowest BCUT2D eigenvalue weighted by Gasteiger charge is -2.29. The molecule has 2 heteroatoms. The van der Waals surface area contributed by atoms with Gasteiger partial charge in [-0.15, -0.1) is 0 Å². The maximum Gasteiger partial charge on any atom is 0.130 e. The fraction of sp³-hybridized carbons (Fsp3) is 0.438. The Morgan fingerprint density at radius 3 is 2.50 bits per heavy atom. The van der Waals surface area contributed by atoms with E-state index < -0.39 is 0 Å². The largest absolute Gasteiger partial charge is 0.365 e. The normalized spacial score (nSPS) is 11.8. The van der Waals surface area contributed by atoms with Gasteiger partial charge >= 0.3 is 0 Å². The van der Waals surface area contributed by atoms with Gasteiger partial charge in [0.05, 0.1) is 5.52 Å². The Morgan fingerprint density at radius 1 is 1.17 bits per heavy atom. The summed E-state index contributed by atoms with van der Waals surface area (Å²) in [4.78, 5) is 4.74. The van der Waals surface area contributed by atoms with E-state index in [0.717, 1.165) is 24.2 Å². The molecule has 1 aromatic heterocycles. The number of fused-ring (bicyclic) bond motifs is 1. The molecular formula is C16H22N2. The van der Waals surface area contributed by atoms with E-state index in [1.165, 1.54) is 10.9 Å². The lowest BCUT2D eigenvalue weighted by molar-refractivity contribution is 0.476.